The summed E-state index contributed by atoms with van der Waals surface area (Å²) in [5, 5.41) is 2.48. The summed E-state index contributed by atoms with van der Waals surface area (Å²) >= 11 is 0. The van der Waals surface area contributed by atoms with Crippen LogP contribution in [0.1, 0.15) is 69.8 Å². The van der Waals surface area contributed by atoms with Gasteiger partial charge in [0.25, 0.3) is 0 Å². The van der Waals surface area contributed by atoms with E-state index in [-0.39, 0.29) is 29.3 Å². The van der Waals surface area contributed by atoms with Crippen LogP contribution in [0.2, 0.25) is 0 Å². The maximum absolute atomic E-state index is 11.3. The van der Waals surface area contributed by atoms with Gasteiger partial charge in [0.1, 0.15) is 6.61 Å². The van der Waals surface area contributed by atoms with Gasteiger partial charge in [0.05, 0.1) is 17.3 Å². The van der Waals surface area contributed by atoms with Crippen molar-refractivity contribution in [3.63, 3.8) is 0 Å². The molecule has 7 rings (SSSR count). The zero-order chi connectivity index (χ0) is 23.8. The summed E-state index contributed by atoms with van der Waals surface area (Å²) in [6.07, 6.45) is 17.3. The molecule has 0 unspecified atom stereocenters. The lowest BCUT2D eigenvalue weighted by Gasteiger charge is -2.54. The SMILES string of the molecule is C[C@]12CC=C3C=C4CC[C@@H](OCC(N)=O)C[C@]45CC[C@]3(O5)[C@@H]1CC[C@@H]2c1ccc2ccncc2c1. The number of nitrogens with two attached hydrogens (primary N) is 1. The lowest BCUT2D eigenvalue weighted by molar-refractivity contribution is -0.152. The number of benzene rings is 1. The van der Waals surface area contributed by atoms with Gasteiger partial charge in [-0.3, -0.25) is 9.78 Å². The Labute approximate surface area is 206 Å². The zero-order valence-electron chi connectivity index (χ0n) is 20.5. The van der Waals surface area contributed by atoms with Gasteiger partial charge in [-0.05, 0) is 96.4 Å². The Bertz CT molecular complexity index is 1280. The number of carbonyl (C=O) groups is 1. The number of rotatable bonds is 4. The Morgan fingerprint density at radius 2 is 2.11 bits per heavy atom. The molecule has 1 amide bonds. The summed E-state index contributed by atoms with van der Waals surface area (Å²) in [5.74, 6) is 0.632. The maximum Gasteiger partial charge on any atom is 0.243 e. The number of hydrogen-bond acceptors (Lipinski definition) is 4. The van der Waals surface area contributed by atoms with Crippen LogP contribution in [0.15, 0.2) is 60.0 Å². The number of primary amides is 1. The van der Waals surface area contributed by atoms with Crippen LogP contribution in [0.5, 0.6) is 0 Å². The Kier molecular flexibility index (Phi) is 4.66. The Hall–Kier alpha value is -2.50. The van der Waals surface area contributed by atoms with Crippen LogP contribution in [-0.4, -0.2) is 34.8 Å². The monoisotopic (exact) mass is 470 g/mol. The lowest BCUT2D eigenvalue weighted by Crippen LogP contribution is -2.54. The molecule has 1 saturated heterocycles. The first kappa shape index (κ1) is 21.8. The second-order valence-corrected chi connectivity index (χ2v) is 11.8. The van der Waals surface area contributed by atoms with Gasteiger partial charge < -0.3 is 15.2 Å². The molecule has 35 heavy (non-hydrogen) atoms. The molecule has 1 aromatic heterocycles. The van der Waals surface area contributed by atoms with E-state index in [4.69, 9.17) is 15.2 Å². The highest BCUT2D eigenvalue weighted by Gasteiger charge is 2.66. The Morgan fingerprint density at radius 1 is 1.20 bits per heavy atom. The average Bonchev–Trinajstić information content (AvgIpc) is 3.37. The molecular formula is C30H34N2O3. The highest BCUT2D eigenvalue weighted by molar-refractivity contribution is 5.82. The van der Waals surface area contributed by atoms with Gasteiger partial charge in [0.2, 0.25) is 5.91 Å². The zero-order valence-corrected chi connectivity index (χ0v) is 20.5. The van der Waals surface area contributed by atoms with Crippen LogP contribution in [-0.2, 0) is 14.3 Å². The molecular weight excluding hydrogens is 436 g/mol. The molecule has 182 valence electrons. The van der Waals surface area contributed by atoms with E-state index < -0.39 is 5.91 Å². The molecule has 2 aromatic rings. The normalized spacial score (nSPS) is 39.4. The third kappa shape index (κ3) is 3.07. The largest absolute Gasteiger partial charge is 0.368 e. The number of fused-ring (bicyclic) bond motifs is 2. The molecule has 6 atom stereocenters. The molecule has 2 bridgehead atoms. The first-order chi connectivity index (χ1) is 16.9. The van der Waals surface area contributed by atoms with Crippen molar-refractivity contribution in [1.82, 2.24) is 4.98 Å². The summed E-state index contributed by atoms with van der Waals surface area (Å²) < 4.78 is 13.2. The number of ether oxygens (including phenoxy) is 2. The van der Waals surface area contributed by atoms with E-state index in [1.54, 1.807) is 0 Å². The van der Waals surface area contributed by atoms with Gasteiger partial charge in [0, 0.05) is 24.2 Å². The third-order valence-corrected chi connectivity index (χ3v) is 10.2. The first-order valence-corrected chi connectivity index (χ1v) is 13.3. The fourth-order valence-corrected chi connectivity index (χ4v) is 8.57. The molecule has 1 aromatic carbocycles. The minimum absolute atomic E-state index is 0.000254. The highest BCUT2D eigenvalue weighted by atomic mass is 16.5. The Balaban J connectivity index is 1.22. The van der Waals surface area contributed by atoms with Crippen LogP contribution >= 0.6 is 0 Å². The van der Waals surface area contributed by atoms with Gasteiger partial charge in [-0.2, -0.15) is 0 Å². The van der Waals surface area contributed by atoms with Gasteiger partial charge >= 0.3 is 0 Å². The highest BCUT2D eigenvalue weighted by Crippen LogP contribution is 2.69. The van der Waals surface area contributed by atoms with Crippen molar-refractivity contribution in [3.8, 4) is 0 Å². The van der Waals surface area contributed by atoms with Gasteiger partial charge in [0.15, 0.2) is 0 Å². The minimum Gasteiger partial charge on any atom is -0.368 e. The summed E-state index contributed by atoms with van der Waals surface area (Å²) in [5.41, 5.74) is 9.42. The first-order valence-electron chi connectivity index (χ1n) is 13.3. The van der Waals surface area contributed by atoms with Crippen LogP contribution in [0.3, 0.4) is 0 Å². The molecule has 3 fully saturated rings. The van der Waals surface area contributed by atoms with E-state index in [0.29, 0.717) is 11.8 Å². The molecule has 3 heterocycles. The van der Waals surface area contributed by atoms with Gasteiger partial charge in [-0.25, -0.2) is 0 Å². The van der Waals surface area contributed by atoms with Crippen molar-refractivity contribution in [2.24, 2.45) is 17.1 Å². The molecule has 2 saturated carbocycles. The minimum atomic E-state index is -0.397. The van der Waals surface area contributed by atoms with Crippen molar-refractivity contribution in [2.75, 3.05) is 6.61 Å². The summed E-state index contributed by atoms with van der Waals surface area (Å²) in [6.45, 7) is 2.51. The van der Waals surface area contributed by atoms with Crippen LogP contribution in [0, 0.1) is 11.3 Å². The number of aromatic nitrogens is 1. The van der Waals surface area contributed by atoms with Crippen LogP contribution in [0.4, 0.5) is 0 Å². The molecule has 5 heteroatoms. The molecule has 2 spiro atoms. The maximum atomic E-state index is 11.3. The van der Waals surface area contributed by atoms with Crippen LogP contribution in [0.25, 0.3) is 10.8 Å². The molecule has 2 aliphatic heterocycles. The van der Waals surface area contributed by atoms with Gasteiger partial charge in [-0.1, -0.05) is 31.2 Å². The number of nitrogens with zero attached hydrogens (tertiary/aromatic N) is 1. The lowest BCUT2D eigenvalue weighted by atomic mass is 9.58. The topological polar surface area (TPSA) is 74.4 Å². The molecule has 3 aliphatic carbocycles. The predicted molar refractivity (Wildman–Crippen MR) is 135 cm³/mol. The number of amides is 1. The van der Waals surface area contributed by atoms with Gasteiger partial charge in [-0.15, -0.1) is 0 Å². The summed E-state index contributed by atoms with van der Waals surface area (Å²) in [6, 6.07) is 9.07. The number of allylic oxidation sites excluding steroid dienone is 1. The molecule has 2 N–H and O–H groups in total. The predicted octanol–water partition coefficient (Wildman–Crippen LogP) is 5.35. The van der Waals surface area contributed by atoms with Crippen molar-refractivity contribution in [1.29, 1.82) is 0 Å². The third-order valence-electron chi connectivity index (χ3n) is 10.2. The summed E-state index contributed by atoms with van der Waals surface area (Å²) in [7, 11) is 0. The van der Waals surface area contributed by atoms with Crippen molar-refractivity contribution < 1.29 is 14.3 Å². The fourth-order valence-electron chi connectivity index (χ4n) is 8.57. The number of carbonyl (C=O) groups excluding carboxylic acids is 1. The molecule has 0 radical (unpaired) electrons. The van der Waals surface area contributed by atoms with E-state index in [1.165, 1.54) is 40.3 Å². The van der Waals surface area contributed by atoms with Crippen molar-refractivity contribution >= 4 is 16.7 Å². The molecule has 5 aliphatic rings. The molecule has 5 nitrogen and oxygen atoms in total. The number of pyridine rings is 1. The van der Waals surface area contributed by atoms with E-state index >= 15 is 0 Å². The van der Waals surface area contributed by atoms with Crippen molar-refractivity contribution in [3.05, 3.63) is 65.5 Å². The van der Waals surface area contributed by atoms with Crippen LogP contribution < -0.4 is 5.73 Å². The standard InChI is InChI=1S/C30H34N2O3/c1-28-10-8-23-15-22-4-5-24(34-18-27(31)33)16-29(22)11-12-30(23,35-29)26(28)7-6-25(28)20-3-2-19-9-13-32-17-21(19)14-20/h2-3,8-9,13-15,17,24-26H,4-7,10-12,16,18H2,1H3,(H2,31,33)/t24-,25-,26-,28-,29-,30-/m1/s1. The average molecular weight is 471 g/mol. The van der Waals surface area contributed by atoms with Crippen molar-refractivity contribution in [2.45, 2.75) is 81.5 Å². The summed E-state index contributed by atoms with van der Waals surface area (Å²) in [4.78, 5) is 15.7. The fraction of sp³-hybridized carbons (Fsp3) is 0.533. The smallest absolute Gasteiger partial charge is 0.243 e. The Morgan fingerprint density at radius 3 is 3.00 bits per heavy atom. The van der Waals surface area contributed by atoms with E-state index in [0.717, 1.165) is 38.5 Å². The number of hydrogen-bond donors (Lipinski definition) is 1. The second-order valence-electron chi connectivity index (χ2n) is 11.8. The van der Waals surface area contributed by atoms with E-state index in [2.05, 4.69) is 48.3 Å². The van der Waals surface area contributed by atoms with E-state index in [9.17, 15) is 4.79 Å². The van der Waals surface area contributed by atoms with E-state index in [1.807, 2.05) is 12.4 Å². The second kappa shape index (κ2) is 7.50. The quantitative estimate of drug-likeness (QED) is 0.654.